The highest BCUT2D eigenvalue weighted by Crippen LogP contribution is 2.15. The van der Waals surface area contributed by atoms with E-state index in [9.17, 15) is 0 Å². The predicted octanol–water partition coefficient (Wildman–Crippen LogP) is 3.01. The molecule has 0 amide bonds. The quantitative estimate of drug-likeness (QED) is 0.542. The first-order chi connectivity index (χ1) is 8.93. The largest absolute Gasteiger partial charge is 0.361 e. The van der Waals surface area contributed by atoms with Gasteiger partial charge < -0.3 is 4.98 Å². The van der Waals surface area contributed by atoms with Crippen LogP contribution in [0.4, 0.5) is 5.69 Å². The highest BCUT2D eigenvalue weighted by atomic mass is 15.3. The molecular weight excluding hydrogens is 224 g/mol. The molecule has 88 valence electrons. The molecule has 0 saturated carbocycles. The molecule has 0 bridgehead atoms. The summed E-state index contributed by atoms with van der Waals surface area (Å²) < 4.78 is 0. The third-order valence-corrected chi connectivity index (χ3v) is 2.70. The molecule has 0 spiro atoms. The molecule has 18 heavy (non-hydrogen) atoms. The summed E-state index contributed by atoms with van der Waals surface area (Å²) in [6.07, 6.45) is 7.20. The lowest BCUT2D eigenvalue weighted by Crippen LogP contribution is -1.89. The summed E-state index contributed by atoms with van der Waals surface area (Å²) in [6, 6.07) is 11.9. The van der Waals surface area contributed by atoms with E-state index in [0.29, 0.717) is 0 Å². The second-order valence-electron chi connectivity index (χ2n) is 3.90. The Labute approximate surface area is 104 Å². The van der Waals surface area contributed by atoms with Gasteiger partial charge in [0.2, 0.25) is 0 Å². The molecular formula is C14H12N4. The van der Waals surface area contributed by atoms with Crippen molar-refractivity contribution in [3.8, 4) is 0 Å². The lowest BCUT2D eigenvalue weighted by Gasteiger charge is -1.97. The van der Waals surface area contributed by atoms with Crippen LogP contribution in [0.15, 0.2) is 60.1 Å². The van der Waals surface area contributed by atoms with Crippen molar-refractivity contribution in [3.63, 3.8) is 0 Å². The monoisotopic (exact) mass is 236 g/mol. The summed E-state index contributed by atoms with van der Waals surface area (Å²) >= 11 is 0. The lowest BCUT2D eigenvalue weighted by molar-refractivity contribution is 1.28. The predicted molar refractivity (Wildman–Crippen MR) is 73.8 cm³/mol. The van der Waals surface area contributed by atoms with E-state index in [4.69, 9.17) is 0 Å². The van der Waals surface area contributed by atoms with Gasteiger partial charge in [-0.2, -0.15) is 5.10 Å². The minimum Gasteiger partial charge on any atom is -0.361 e. The van der Waals surface area contributed by atoms with Crippen molar-refractivity contribution >= 4 is 22.8 Å². The van der Waals surface area contributed by atoms with Crippen molar-refractivity contribution in [2.24, 2.45) is 5.10 Å². The molecule has 2 N–H and O–H groups in total. The number of rotatable bonds is 3. The van der Waals surface area contributed by atoms with Crippen molar-refractivity contribution in [1.82, 2.24) is 9.97 Å². The van der Waals surface area contributed by atoms with Crippen molar-refractivity contribution in [2.45, 2.75) is 0 Å². The van der Waals surface area contributed by atoms with Gasteiger partial charge in [0.05, 0.1) is 11.9 Å². The van der Waals surface area contributed by atoms with E-state index in [1.54, 1.807) is 18.6 Å². The third kappa shape index (κ3) is 2.08. The fraction of sp³-hybridized carbons (Fsp3) is 0. The smallest absolute Gasteiger partial charge is 0.0592 e. The van der Waals surface area contributed by atoms with E-state index in [0.717, 1.165) is 22.2 Å². The van der Waals surface area contributed by atoms with Crippen LogP contribution in [0.2, 0.25) is 0 Å². The highest BCUT2D eigenvalue weighted by molar-refractivity contribution is 5.99. The SMILES string of the molecule is C(=N\Nc1ccncc1)/c1c[nH]c2ccccc12. The number of hydrogen-bond acceptors (Lipinski definition) is 3. The molecule has 0 saturated heterocycles. The average molecular weight is 236 g/mol. The van der Waals surface area contributed by atoms with E-state index >= 15 is 0 Å². The van der Waals surface area contributed by atoms with E-state index in [-0.39, 0.29) is 0 Å². The molecule has 1 aromatic carbocycles. The van der Waals surface area contributed by atoms with Crippen molar-refractivity contribution in [2.75, 3.05) is 5.43 Å². The molecule has 3 aromatic rings. The molecule has 0 aliphatic rings. The van der Waals surface area contributed by atoms with Gasteiger partial charge in [-0.05, 0) is 18.2 Å². The van der Waals surface area contributed by atoms with Gasteiger partial charge in [0.1, 0.15) is 0 Å². The zero-order chi connectivity index (χ0) is 12.2. The molecule has 2 aromatic heterocycles. The summed E-state index contributed by atoms with van der Waals surface area (Å²) in [7, 11) is 0. The zero-order valence-corrected chi connectivity index (χ0v) is 9.67. The van der Waals surface area contributed by atoms with Gasteiger partial charge in [-0.25, -0.2) is 0 Å². The first kappa shape index (κ1) is 10.5. The van der Waals surface area contributed by atoms with Gasteiger partial charge >= 0.3 is 0 Å². The molecule has 0 unspecified atom stereocenters. The van der Waals surface area contributed by atoms with E-state index in [1.165, 1.54) is 0 Å². The molecule has 3 rings (SSSR count). The van der Waals surface area contributed by atoms with Crippen molar-refractivity contribution in [1.29, 1.82) is 0 Å². The summed E-state index contributed by atoms with van der Waals surface area (Å²) in [5, 5.41) is 5.38. The Kier molecular flexibility index (Phi) is 2.75. The number of fused-ring (bicyclic) bond motifs is 1. The topological polar surface area (TPSA) is 53.1 Å². The van der Waals surface area contributed by atoms with Crippen LogP contribution in [-0.2, 0) is 0 Å². The van der Waals surface area contributed by atoms with E-state index in [2.05, 4.69) is 26.6 Å². The minimum atomic E-state index is 0.918. The fourth-order valence-electron chi connectivity index (χ4n) is 1.80. The number of anilines is 1. The standard InChI is InChI=1S/C14H12N4/c1-2-4-14-13(3-1)11(9-16-14)10-17-18-12-5-7-15-8-6-12/h1-10,16H,(H,15,18)/b17-10+. The summed E-state index contributed by atoms with van der Waals surface area (Å²) in [5.74, 6) is 0. The van der Waals surface area contributed by atoms with E-state index in [1.807, 2.05) is 36.5 Å². The number of aromatic amines is 1. The highest BCUT2D eigenvalue weighted by Gasteiger charge is 1.98. The number of nitrogens with zero attached hydrogens (tertiary/aromatic N) is 2. The van der Waals surface area contributed by atoms with Gasteiger partial charge in [0.25, 0.3) is 0 Å². The van der Waals surface area contributed by atoms with Crippen LogP contribution < -0.4 is 5.43 Å². The minimum absolute atomic E-state index is 0.918. The van der Waals surface area contributed by atoms with Crippen LogP contribution >= 0.6 is 0 Å². The molecule has 4 nitrogen and oxygen atoms in total. The number of pyridine rings is 1. The normalized spacial score (nSPS) is 11.1. The van der Waals surface area contributed by atoms with Crippen LogP contribution in [-0.4, -0.2) is 16.2 Å². The number of benzene rings is 1. The van der Waals surface area contributed by atoms with Crippen molar-refractivity contribution in [3.05, 3.63) is 60.6 Å². The Morgan fingerprint density at radius 2 is 1.94 bits per heavy atom. The lowest BCUT2D eigenvalue weighted by atomic mass is 10.2. The zero-order valence-electron chi connectivity index (χ0n) is 9.67. The maximum Gasteiger partial charge on any atom is 0.0592 e. The summed E-state index contributed by atoms with van der Waals surface area (Å²) in [4.78, 5) is 7.16. The van der Waals surface area contributed by atoms with Crippen molar-refractivity contribution < 1.29 is 0 Å². The molecule has 0 aliphatic heterocycles. The molecule has 0 atom stereocenters. The van der Waals surface area contributed by atoms with Crippen LogP contribution in [0.5, 0.6) is 0 Å². The fourth-order valence-corrected chi connectivity index (χ4v) is 1.80. The van der Waals surface area contributed by atoms with Crippen LogP contribution in [0.1, 0.15) is 5.56 Å². The Balaban J connectivity index is 1.80. The Morgan fingerprint density at radius 1 is 1.11 bits per heavy atom. The average Bonchev–Trinajstić information content (AvgIpc) is 2.84. The molecule has 0 aliphatic carbocycles. The maximum atomic E-state index is 4.21. The number of nitrogens with one attached hydrogen (secondary N) is 2. The number of para-hydroxylation sites is 1. The molecule has 0 radical (unpaired) electrons. The maximum absolute atomic E-state index is 4.21. The first-order valence-electron chi connectivity index (χ1n) is 5.69. The van der Waals surface area contributed by atoms with Gasteiger partial charge in [0, 0.05) is 35.1 Å². The Hall–Kier alpha value is -2.62. The van der Waals surface area contributed by atoms with Gasteiger partial charge in [-0.15, -0.1) is 0 Å². The number of hydrazone groups is 1. The van der Waals surface area contributed by atoms with Crippen LogP contribution in [0, 0.1) is 0 Å². The second-order valence-corrected chi connectivity index (χ2v) is 3.90. The number of aromatic nitrogens is 2. The first-order valence-corrected chi connectivity index (χ1v) is 5.69. The Bertz CT molecular complexity index is 670. The van der Waals surface area contributed by atoms with Gasteiger partial charge in [-0.3, -0.25) is 10.4 Å². The third-order valence-electron chi connectivity index (χ3n) is 2.70. The second kappa shape index (κ2) is 4.71. The molecule has 2 heterocycles. The molecule has 0 fully saturated rings. The summed E-state index contributed by atoms with van der Waals surface area (Å²) in [6.45, 7) is 0. The van der Waals surface area contributed by atoms with E-state index < -0.39 is 0 Å². The molecule has 4 heteroatoms. The number of H-pyrrole nitrogens is 1. The summed E-state index contributed by atoms with van der Waals surface area (Å²) in [5.41, 5.74) is 6.06. The van der Waals surface area contributed by atoms with Crippen LogP contribution in [0.3, 0.4) is 0 Å². The van der Waals surface area contributed by atoms with Crippen LogP contribution in [0.25, 0.3) is 10.9 Å². The van der Waals surface area contributed by atoms with Gasteiger partial charge in [0.15, 0.2) is 0 Å². The Morgan fingerprint density at radius 3 is 2.83 bits per heavy atom. The number of hydrogen-bond donors (Lipinski definition) is 2. The van der Waals surface area contributed by atoms with Gasteiger partial charge in [-0.1, -0.05) is 18.2 Å².